The standard InChI is InChI=1S/C7H5NO3S/c9-8(10)11-7(12)6-4-2-1-3-5-6/h1-5H. The lowest BCUT2D eigenvalue weighted by atomic mass is 10.2. The van der Waals surface area contributed by atoms with E-state index in [0.29, 0.717) is 5.56 Å². The van der Waals surface area contributed by atoms with E-state index in [2.05, 4.69) is 17.1 Å². The van der Waals surface area contributed by atoms with Crippen LogP contribution in [0.5, 0.6) is 0 Å². The van der Waals surface area contributed by atoms with Crippen LogP contribution in [0.25, 0.3) is 0 Å². The molecular weight excluding hydrogens is 178 g/mol. The van der Waals surface area contributed by atoms with Gasteiger partial charge in [-0.1, -0.05) is 42.5 Å². The van der Waals surface area contributed by atoms with Crippen LogP contribution in [-0.4, -0.2) is 10.1 Å². The zero-order chi connectivity index (χ0) is 8.97. The zero-order valence-corrected chi connectivity index (χ0v) is 6.78. The largest absolute Gasteiger partial charge is 0.300 e. The molecule has 0 fully saturated rings. The molecule has 1 aromatic rings. The predicted octanol–water partition coefficient (Wildman–Crippen LogP) is 1.57. The van der Waals surface area contributed by atoms with Crippen LogP contribution < -0.4 is 0 Å². The van der Waals surface area contributed by atoms with Crippen LogP contribution in [0.15, 0.2) is 30.3 Å². The SMILES string of the molecule is O=[N+]([O-])OC(=S)c1ccccc1. The highest BCUT2D eigenvalue weighted by atomic mass is 32.1. The summed E-state index contributed by atoms with van der Waals surface area (Å²) in [6.07, 6.45) is 0. The minimum absolute atomic E-state index is 0.124. The lowest BCUT2D eigenvalue weighted by Crippen LogP contribution is -2.08. The summed E-state index contributed by atoms with van der Waals surface area (Å²) >= 11 is 4.63. The third-order valence-corrected chi connectivity index (χ3v) is 1.48. The summed E-state index contributed by atoms with van der Waals surface area (Å²) in [6.45, 7) is 0. The molecule has 0 aliphatic rings. The molecule has 1 rings (SSSR count). The third kappa shape index (κ3) is 2.28. The fraction of sp³-hybridized carbons (Fsp3) is 0. The molecule has 0 radical (unpaired) electrons. The van der Waals surface area contributed by atoms with Crippen molar-refractivity contribution in [3.05, 3.63) is 46.0 Å². The molecule has 0 saturated carbocycles. The summed E-state index contributed by atoms with van der Waals surface area (Å²) in [4.78, 5) is 14.0. The van der Waals surface area contributed by atoms with Gasteiger partial charge in [0.1, 0.15) is 0 Å². The number of nitrogens with zero attached hydrogens (tertiary/aromatic N) is 1. The molecule has 0 unspecified atom stereocenters. The summed E-state index contributed by atoms with van der Waals surface area (Å²) in [5.74, 6) is 0. The van der Waals surface area contributed by atoms with Gasteiger partial charge < -0.3 is 0 Å². The predicted molar refractivity (Wildman–Crippen MR) is 46.2 cm³/mol. The van der Waals surface area contributed by atoms with Crippen LogP contribution in [0.3, 0.4) is 0 Å². The topological polar surface area (TPSA) is 52.4 Å². The summed E-state index contributed by atoms with van der Waals surface area (Å²) in [5.41, 5.74) is 0.532. The van der Waals surface area contributed by atoms with E-state index in [0.717, 1.165) is 0 Å². The quantitative estimate of drug-likeness (QED) is 0.396. The van der Waals surface area contributed by atoms with Gasteiger partial charge in [-0.15, -0.1) is 10.1 Å². The molecule has 0 aromatic heterocycles. The fourth-order valence-electron chi connectivity index (χ4n) is 0.695. The second-order valence-electron chi connectivity index (χ2n) is 1.97. The monoisotopic (exact) mass is 183 g/mol. The summed E-state index contributed by atoms with van der Waals surface area (Å²) < 4.78 is 0. The Morgan fingerprint density at radius 1 is 1.42 bits per heavy atom. The van der Waals surface area contributed by atoms with Crippen molar-refractivity contribution in [2.75, 3.05) is 0 Å². The zero-order valence-electron chi connectivity index (χ0n) is 5.97. The highest BCUT2D eigenvalue weighted by molar-refractivity contribution is 7.80. The molecule has 0 spiro atoms. The van der Waals surface area contributed by atoms with Gasteiger partial charge in [-0.05, 0) is 0 Å². The van der Waals surface area contributed by atoms with Gasteiger partial charge in [0.2, 0.25) is 0 Å². The number of hydrogen-bond donors (Lipinski definition) is 0. The Hall–Kier alpha value is -1.49. The number of rotatable bonds is 2. The average molecular weight is 183 g/mol. The van der Waals surface area contributed by atoms with Gasteiger partial charge in [0.15, 0.2) is 5.05 Å². The molecule has 4 nitrogen and oxygen atoms in total. The molecule has 12 heavy (non-hydrogen) atoms. The van der Waals surface area contributed by atoms with E-state index in [1.807, 2.05) is 0 Å². The molecule has 1 aromatic carbocycles. The molecule has 0 aliphatic heterocycles. The normalized spacial score (nSPS) is 9.00. The van der Waals surface area contributed by atoms with Gasteiger partial charge in [-0.25, -0.2) is 0 Å². The van der Waals surface area contributed by atoms with Crippen molar-refractivity contribution in [2.24, 2.45) is 0 Å². The van der Waals surface area contributed by atoms with Crippen LogP contribution >= 0.6 is 12.2 Å². The minimum atomic E-state index is -0.921. The van der Waals surface area contributed by atoms with Gasteiger partial charge in [-0.2, -0.15) is 0 Å². The van der Waals surface area contributed by atoms with E-state index >= 15 is 0 Å². The van der Waals surface area contributed by atoms with Gasteiger partial charge in [0.25, 0.3) is 0 Å². The van der Waals surface area contributed by atoms with Gasteiger partial charge in [0.05, 0.1) is 0 Å². The van der Waals surface area contributed by atoms with Crippen LogP contribution in [0, 0.1) is 10.1 Å². The van der Waals surface area contributed by atoms with Crippen LogP contribution in [0.1, 0.15) is 5.56 Å². The van der Waals surface area contributed by atoms with Gasteiger partial charge >= 0.3 is 5.09 Å². The van der Waals surface area contributed by atoms with Crippen LogP contribution in [0.4, 0.5) is 0 Å². The van der Waals surface area contributed by atoms with E-state index in [1.165, 1.54) is 0 Å². The van der Waals surface area contributed by atoms with Crippen molar-refractivity contribution in [3.63, 3.8) is 0 Å². The molecule has 0 bridgehead atoms. The Balaban J connectivity index is 2.73. The second kappa shape index (κ2) is 3.77. The fourth-order valence-corrected chi connectivity index (χ4v) is 0.892. The van der Waals surface area contributed by atoms with Crippen LogP contribution in [0.2, 0.25) is 0 Å². The smallest absolute Gasteiger partial charge is 0.264 e. The highest BCUT2D eigenvalue weighted by Crippen LogP contribution is 2.02. The van der Waals surface area contributed by atoms with E-state index in [4.69, 9.17) is 0 Å². The maximum absolute atomic E-state index is 9.88. The van der Waals surface area contributed by atoms with Gasteiger partial charge in [0, 0.05) is 5.56 Å². The van der Waals surface area contributed by atoms with Crippen molar-refractivity contribution in [1.82, 2.24) is 0 Å². The lowest BCUT2D eigenvalue weighted by molar-refractivity contribution is -0.722. The van der Waals surface area contributed by atoms with E-state index in [9.17, 15) is 10.1 Å². The molecule has 0 aliphatic carbocycles. The maximum atomic E-state index is 9.88. The van der Waals surface area contributed by atoms with E-state index in [1.54, 1.807) is 30.3 Å². The van der Waals surface area contributed by atoms with Crippen molar-refractivity contribution in [3.8, 4) is 0 Å². The minimum Gasteiger partial charge on any atom is -0.264 e. The molecule has 62 valence electrons. The summed E-state index contributed by atoms with van der Waals surface area (Å²) in [7, 11) is 0. The highest BCUT2D eigenvalue weighted by Gasteiger charge is 2.04. The van der Waals surface area contributed by atoms with Gasteiger partial charge in [-0.3, -0.25) is 4.84 Å². The maximum Gasteiger partial charge on any atom is 0.300 e. The van der Waals surface area contributed by atoms with E-state index < -0.39 is 5.09 Å². The Morgan fingerprint density at radius 3 is 2.50 bits per heavy atom. The summed E-state index contributed by atoms with van der Waals surface area (Å²) in [6, 6.07) is 8.53. The first-order chi connectivity index (χ1) is 5.70. The van der Waals surface area contributed by atoms with Crippen molar-refractivity contribution in [1.29, 1.82) is 0 Å². The number of hydrogen-bond acceptors (Lipinski definition) is 4. The third-order valence-electron chi connectivity index (χ3n) is 1.17. The Bertz CT molecular complexity index is 299. The van der Waals surface area contributed by atoms with Crippen LogP contribution in [-0.2, 0) is 4.84 Å². The molecular formula is C7H5NO3S. The van der Waals surface area contributed by atoms with Crippen molar-refractivity contribution >= 4 is 17.3 Å². The molecule has 5 heteroatoms. The molecule has 0 saturated heterocycles. The average Bonchev–Trinajstić information content (AvgIpc) is 2.05. The lowest BCUT2D eigenvalue weighted by Gasteiger charge is -1.98. The number of benzene rings is 1. The Labute approximate surface area is 73.9 Å². The van der Waals surface area contributed by atoms with Crippen molar-refractivity contribution in [2.45, 2.75) is 0 Å². The first kappa shape index (κ1) is 8.61. The second-order valence-corrected chi connectivity index (χ2v) is 2.34. The summed E-state index contributed by atoms with van der Waals surface area (Å²) in [5, 5.41) is 8.83. The van der Waals surface area contributed by atoms with E-state index in [-0.39, 0.29) is 5.05 Å². The van der Waals surface area contributed by atoms with Crippen molar-refractivity contribution < 1.29 is 9.92 Å². The Morgan fingerprint density at radius 2 is 2.00 bits per heavy atom. The Kier molecular flexibility index (Phi) is 2.71. The first-order valence-corrected chi connectivity index (χ1v) is 3.52. The molecule has 0 atom stereocenters. The molecule has 0 N–H and O–H groups in total. The molecule has 0 amide bonds. The molecule has 0 heterocycles. The first-order valence-electron chi connectivity index (χ1n) is 3.12. The number of thiocarbonyl (C=S) groups is 1.